The Balaban J connectivity index is 2.24. The fourth-order valence-electron chi connectivity index (χ4n) is 1.42. The lowest BCUT2D eigenvalue weighted by Gasteiger charge is -2.11. The smallest absolute Gasteiger partial charge is 0.406 e. The van der Waals surface area contributed by atoms with E-state index in [2.05, 4.69) is 25.2 Å². The molecule has 0 radical (unpaired) electrons. The zero-order valence-corrected chi connectivity index (χ0v) is 10.2. The molecule has 0 spiro atoms. The lowest BCUT2D eigenvalue weighted by molar-refractivity contribution is -0.274. The van der Waals surface area contributed by atoms with Gasteiger partial charge in [-0.3, -0.25) is 0 Å². The molecule has 2 N–H and O–H groups in total. The van der Waals surface area contributed by atoms with Gasteiger partial charge in [-0.25, -0.2) is 9.89 Å². The minimum atomic E-state index is -4.77. The average Bonchev–Trinajstić information content (AvgIpc) is 2.32. The number of halogens is 3. The number of ether oxygens (including phenoxy) is 1. The molecule has 1 aromatic carbocycles. The highest BCUT2D eigenvalue weighted by Gasteiger charge is 2.31. The molecule has 0 saturated heterocycles. The van der Waals surface area contributed by atoms with Crippen molar-refractivity contribution >= 4 is 11.5 Å². The van der Waals surface area contributed by atoms with E-state index in [0.29, 0.717) is 5.69 Å². The molecule has 2 aromatic rings. The number of aryl methyl sites for hydroxylation is 1. The van der Waals surface area contributed by atoms with E-state index in [-0.39, 0.29) is 17.3 Å². The van der Waals surface area contributed by atoms with Crippen molar-refractivity contribution in [1.29, 1.82) is 0 Å². The van der Waals surface area contributed by atoms with E-state index in [1.165, 1.54) is 12.1 Å². The number of aromatic nitrogens is 3. The van der Waals surface area contributed by atoms with Crippen LogP contribution in [0.1, 0.15) is 5.69 Å². The highest BCUT2D eigenvalue weighted by molar-refractivity contribution is 5.59. The first-order chi connectivity index (χ1) is 9.33. The first-order valence-corrected chi connectivity index (χ1v) is 5.40. The van der Waals surface area contributed by atoms with Gasteiger partial charge in [0.2, 0.25) is 0 Å². The largest absolute Gasteiger partial charge is 0.573 e. The summed E-state index contributed by atoms with van der Waals surface area (Å²) in [5, 5.41) is 8.52. The van der Waals surface area contributed by atoms with Crippen LogP contribution in [0.2, 0.25) is 0 Å². The van der Waals surface area contributed by atoms with Crippen molar-refractivity contribution in [2.75, 3.05) is 5.32 Å². The maximum absolute atomic E-state index is 12.1. The zero-order chi connectivity index (χ0) is 14.8. The lowest BCUT2D eigenvalue weighted by Crippen LogP contribution is -2.17. The van der Waals surface area contributed by atoms with Crippen LogP contribution in [0, 0.1) is 6.92 Å². The predicted octanol–water partition coefficient (Wildman–Crippen LogP) is 2.12. The third-order valence-corrected chi connectivity index (χ3v) is 2.21. The lowest BCUT2D eigenvalue weighted by atomic mass is 10.3. The normalized spacial score (nSPS) is 11.2. The molecule has 0 fully saturated rings. The van der Waals surface area contributed by atoms with Gasteiger partial charge >= 0.3 is 12.1 Å². The molecule has 2 rings (SSSR count). The van der Waals surface area contributed by atoms with Crippen LogP contribution in [0.5, 0.6) is 5.75 Å². The minimum Gasteiger partial charge on any atom is -0.406 e. The maximum Gasteiger partial charge on any atom is 0.573 e. The second-order valence-electron chi connectivity index (χ2n) is 3.78. The van der Waals surface area contributed by atoms with Gasteiger partial charge in [0.05, 0.1) is 0 Å². The number of hydrogen-bond acceptors (Lipinski definition) is 5. The van der Waals surface area contributed by atoms with Crippen LogP contribution in [0.25, 0.3) is 0 Å². The highest BCUT2D eigenvalue weighted by Crippen LogP contribution is 2.26. The zero-order valence-electron chi connectivity index (χ0n) is 10.2. The van der Waals surface area contributed by atoms with Gasteiger partial charge in [0.15, 0.2) is 5.82 Å². The number of nitrogens with one attached hydrogen (secondary N) is 2. The van der Waals surface area contributed by atoms with Gasteiger partial charge in [0.1, 0.15) is 11.4 Å². The van der Waals surface area contributed by atoms with Crippen LogP contribution >= 0.6 is 0 Å². The average molecular weight is 286 g/mol. The summed E-state index contributed by atoms with van der Waals surface area (Å²) in [6, 6.07) is 5.18. The topological polar surface area (TPSA) is 79.9 Å². The van der Waals surface area contributed by atoms with E-state index in [0.717, 1.165) is 12.1 Å². The molecule has 0 aliphatic heterocycles. The van der Waals surface area contributed by atoms with Crippen molar-refractivity contribution in [1.82, 2.24) is 15.2 Å². The summed E-state index contributed by atoms with van der Waals surface area (Å²) in [7, 11) is 0. The summed E-state index contributed by atoms with van der Waals surface area (Å²) in [6.45, 7) is 1.58. The van der Waals surface area contributed by atoms with Crippen molar-refractivity contribution in [3.05, 3.63) is 40.4 Å². The molecule has 9 heteroatoms. The first-order valence-electron chi connectivity index (χ1n) is 5.40. The van der Waals surface area contributed by atoms with E-state index < -0.39 is 12.1 Å². The Morgan fingerprint density at radius 2 is 2.10 bits per heavy atom. The molecule has 6 nitrogen and oxygen atoms in total. The summed E-state index contributed by atoms with van der Waals surface area (Å²) in [6.07, 6.45) is -4.77. The van der Waals surface area contributed by atoms with Crippen molar-refractivity contribution in [3.63, 3.8) is 0 Å². The van der Waals surface area contributed by atoms with Gasteiger partial charge in [-0.2, -0.15) is 10.1 Å². The number of anilines is 2. The molecule has 0 atom stereocenters. The molecule has 0 unspecified atom stereocenters. The number of alkyl halides is 3. The van der Waals surface area contributed by atoms with Gasteiger partial charge in [-0.05, 0) is 19.1 Å². The molecule has 0 aliphatic rings. The SMILES string of the molecule is Cc1n[nH]c(=O)nc1Nc1cccc(OC(F)(F)F)c1. The predicted molar refractivity (Wildman–Crippen MR) is 63.8 cm³/mol. The molecule has 1 aromatic heterocycles. The second kappa shape index (κ2) is 5.19. The molecule has 1 heterocycles. The van der Waals surface area contributed by atoms with Crippen LogP contribution in [-0.4, -0.2) is 21.5 Å². The van der Waals surface area contributed by atoms with Crippen molar-refractivity contribution in [2.24, 2.45) is 0 Å². The molecule has 20 heavy (non-hydrogen) atoms. The van der Waals surface area contributed by atoms with E-state index in [1.807, 2.05) is 0 Å². The molecular formula is C11H9F3N4O2. The van der Waals surface area contributed by atoms with Gasteiger partial charge < -0.3 is 10.1 Å². The Bertz CT molecular complexity index is 669. The minimum absolute atomic E-state index is 0.151. The quantitative estimate of drug-likeness (QED) is 0.903. The number of benzene rings is 1. The first kappa shape index (κ1) is 13.8. The Morgan fingerprint density at radius 1 is 1.35 bits per heavy atom. The van der Waals surface area contributed by atoms with Crippen LogP contribution in [0.4, 0.5) is 24.7 Å². The third-order valence-electron chi connectivity index (χ3n) is 2.21. The van der Waals surface area contributed by atoms with Crippen molar-refractivity contribution < 1.29 is 17.9 Å². The number of rotatable bonds is 3. The van der Waals surface area contributed by atoms with Crippen LogP contribution in [0.3, 0.4) is 0 Å². The number of aromatic amines is 1. The molecule has 0 saturated carbocycles. The molecular weight excluding hydrogens is 277 g/mol. The maximum atomic E-state index is 12.1. The summed E-state index contributed by atoms with van der Waals surface area (Å²) in [4.78, 5) is 14.7. The molecule has 0 amide bonds. The van der Waals surface area contributed by atoms with Crippen LogP contribution in [-0.2, 0) is 0 Å². The Morgan fingerprint density at radius 3 is 2.80 bits per heavy atom. The van der Waals surface area contributed by atoms with Gasteiger partial charge in [-0.15, -0.1) is 13.2 Å². The van der Waals surface area contributed by atoms with Crippen molar-refractivity contribution in [3.8, 4) is 5.75 Å². The molecule has 0 bridgehead atoms. The number of nitrogens with zero attached hydrogens (tertiary/aromatic N) is 2. The summed E-state index contributed by atoms with van der Waals surface area (Å²) < 4.78 is 40.1. The fourth-order valence-corrected chi connectivity index (χ4v) is 1.42. The number of hydrogen-bond donors (Lipinski definition) is 2. The summed E-state index contributed by atoms with van der Waals surface area (Å²) in [5.74, 6) is -0.226. The third kappa shape index (κ3) is 3.70. The van der Waals surface area contributed by atoms with Gasteiger partial charge in [0.25, 0.3) is 0 Å². The van der Waals surface area contributed by atoms with Crippen LogP contribution < -0.4 is 15.7 Å². The summed E-state index contributed by atoms with van der Waals surface area (Å²) >= 11 is 0. The Labute approximate surface area is 110 Å². The van der Waals surface area contributed by atoms with E-state index >= 15 is 0 Å². The highest BCUT2D eigenvalue weighted by atomic mass is 19.4. The van der Waals surface area contributed by atoms with Crippen LogP contribution in [0.15, 0.2) is 29.1 Å². The Hall–Kier alpha value is -2.58. The second-order valence-corrected chi connectivity index (χ2v) is 3.78. The summed E-state index contributed by atoms with van der Waals surface area (Å²) in [5.41, 5.74) is 0.0160. The Kier molecular flexibility index (Phi) is 3.59. The fraction of sp³-hybridized carbons (Fsp3) is 0.182. The number of H-pyrrole nitrogens is 1. The van der Waals surface area contributed by atoms with E-state index in [1.54, 1.807) is 6.92 Å². The van der Waals surface area contributed by atoms with Crippen molar-refractivity contribution in [2.45, 2.75) is 13.3 Å². The van der Waals surface area contributed by atoms with E-state index in [9.17, 15) is 18.0 Å². The monoisotopic (exact) mass is 286 g/mol. The van der Waals surface area contributed by atoms with Gasteiger partial charge in [-0.1, -0.05) is 6.07 Å². The van der Waals surface area contributed by atoms with Gasteiger partial charge in [0, 0.05) is 11.8 Å². The molecule has 0 aliphatic carbocycles. The molecule has 106 valence electrons. The van der Waals surface area contributed by atoms with E-state index in [4.69, 9.17) is 0 Å². The standard InChI is InChI=1S/C11H9F3N4O2/c1-6-9(16-10(19)18-17-6)15-7-3-2-4-8(5-7)20-11(12,13)14/h2-5H,1H3,(H2,15,16,18,19).